The number of alkyl halides is 3. The van der Waals surface area contributed by atoms with Crippen molar-refractivity contribution in [2.45, 2.75) is 50.7 Å². The van der Waals surface area contributed by atoms with Crippen molar-refractivity contribution in [3.05, 3.63) is 34.9 Å². The number of hydrogen-bond acceptors (Lipinski definition) is 3. The Hall–Kier alpha value is -2.09. The molecule has 0 radical (unpaired) electrons. The minimum Gasteiger partial charge on any atom is -0.319 e. The summed E-state index contributed by atoms with van der Waals surface area (Å²) < 4.78 is 39.1. The molecule has 0 spiro atoms. The minimum absolute atomic E-state index is 0.0903. The highest BCUT2D eigenvalue weighted by atomic mass is 19.4. The van der Waals surface area contributed by atoms with Crippen LogP contribution in [0.25, 0.3) is 0 Å². The van der Waals surface area contributed by atoms with Gasteiger partial charge in [-0.25, -0.2) is 9.69 Å². The molecule has 4 rings (SSSR count). The van der Waals surface area contributed by atoms with E-state index < -0.39 is 29.6 Å². The van der Waals surface area contributed by atoms with Crippen LogP contribution >= 0.6 is 0 Å². The summed E-state index contributed by atoms with van der Waals surface area (Å²) in [7, 11) is 0. The van der Waals surface area contributed by atoms with Gasteiger partial charge in [0.15, 0.2) is 0 Å². The quantitative estimate of drug-likeness (QED) is 0.800. The normalized spacial score (nSPS) is 28.6. The maximum Gasteiger partial charge on any atom is 0.393 e. The first-order chi connectivity index (χ1) is 13.2. The molecule has 0 bridgehead atoms. The summed E-state index contributed by atoms with van der Waals surface area (Å²) in [5, 5.41) is 2.76. The summed E-state index contributed by atoms with van der Waals surface area (Å²) in [6.45, 7) is 1.81. The lowest BCUT2D eigenvalue weighted by molar-refractivity contribution is -0.187. The van der Waals surface area contributed by atoms with E-state index in [4.69, 9.17) is 0 Å². The fourth-order valence-corrected chi connectivity index (χ4v) is 4.56. The van der Waals surface area contributed by atoms with Crippen LogP contribution in [0.15, 0.2) is 18.2 Å². The Morgan fingerprint density at radius 3 is 2.68 bits per heavy atom. The summed E-state index contributed by atoms with van der Waals surface area (Å²) in [6.07, 6.45) is -0.707. The predicted molar refractivity (Wildman–Crippen MR) is 96.4 cm³/mol. The van der Waals surface area contributed by atoms with Crippen molar-refractivity contribution >= 4 is 11.9 Å². The third kappa shape index (κ3) is 3.27. The van der Waals surface area contributed by atoms with E-state index in [2.05, 4.69) is 5.32 Å². The fraction of sp³-hybridized carbons (Fsp3) is 0.600. The van der Waals surface area contributed by atoms with Gasteiger partial charge in [-0.2, -0.15) is 13.2 Å². The highest BCUT2D eigenvalue weighted by Crippen LogP contribution is 2.35. The van der Waals surface area contributed by atoms with E-state index in [1.54, 1.807) is 11.8 Å². The number of carbonyl (C=O) groups excluding carboxylic acids is 2. The minimum atomic E-state index is -4.26. The number of imide groups is 1. The molecule has 2 saturated heterocycles. The van der Waals surface area contributed by atoms with Gasteiger partial charge in [0.25, 0.3) is 5.91 Å². The first kappa shape index (κ1) is 19.2. The second-order valence-corrected chi connectivity index (χ2v) is 8.22. The van der Waals surface area contributed by atoms with Crippen LogP contribution in [0.3, 0.4) is 0 Å². The van der Waals surface area contributed by atoms with Gasteiger partial charge in [-0.05, 0) is 62.3 Å². The molecule has 1 aliphatic carbocycles. The van der Waals surface area contributed by atoms with Gasteiger partial charge in [0.1, 0.15) is 5.54 Å². The zero-order valence-corrected chi connectivity index (χ0v) is 15.8. The second-order valence-electron chi connectivity index (χ2n) is 8.22. The number of fused-ring (bicyclic) bond motifs is 1. The van der Waals surface area contributed by atoms with Gasteiger partial charge in [0.05, 0.1) is 12.6 Å². The van der Waals surface area contributed by atoms with Gasteiger partial charge in [-0.3, -0.25) is 9.69 Å². The number of benzene rings is 1. The smallest absolute Gasteiger partial charge is 0.319 e. The summed E-state index contributed by atoms with van der Waals surface area (Å²) in [6, 6.07) is 5.29. The number of aryl methyl sites for hydroxylation is 2. The van der Waals surface area contributed by atoms with Gasteiger partial charge >= 0.3 is 12.2 Å². The van der Waals surface area contributed by atoms with E-state index >= 15 is 0 Å². The number of nitrogens with zero attached hydrogens (tertiary/aromatic N) is 2. The topological polar surface area (TPSA) is 52.7 Å². The Labute approximate surface area is 161 Å². The zero-order chi connectivity index (χ0) is 20.1. The molecule has 1 aromatic carbocycles. The van der Waals surface area contributed by atoms with E-state index in [1.165, 1.54) is 11.1 Å². The number of urea groups is 1. The molecular weight excluding hydrogens is 371 g/mol. The molecule has 5 nitrogen and oxygen atoms in total. The Bertz CT molecular complexity index is 810. The number of likely N-dealkylation sites (tertiary alicyclic amines) is 1. The van der Waals surface area contributed by atoms with Gasteiger partial charge in [0.2, 0.25) is 0 Å². The van der Waals surface area contributed by atoms with Gasteiger partial charge in [-0.1, -0.05) is 18.2 Å². The molecule has 8 heteroatoms. The van der Waals surface area contributed by atoms with Gasteiger partial charge < -0.3 is 5.32 Å². The molecule has 2 atom stereocenters. The van der Waals surface area contributed by atoms with Crippen LogP contribution in [0.4, 0.5) is 18.0 Å². The van der Waals surface area contributed by atoms with Crippen molar-refractivity contribution < 1.29 is 22.8 Å². The van der Waals surface area contributed by atoms with Crippen molar-refractivity contribution in [3.8, 4) is 0 Å². The van der Waals surface area contributed by atoms with E-state index in [1.807, 2.05) is 18.2 Å². The highest BCUT2D eigenvalue weighted by molar-refractivity contribution is 6.07. The number of halogens is 3. The van der Waals surface area contributed by atoms with Crippen LogP contribution in [0.2, 0.25) is 0 Å². The first-order valence-electron chi connectivity index (χ1n) is 9.74. The van der Waals surface area contributed by atoms with Crippen molar-refractivity contribution in [2.75, 3.05) is 19.8 Å². The maximum atomic E-state index is 13.1. The number of amides is 3. The average Bonchev–Trinajstić information content (AvgIpc) is 3.20. The SMILES string of the molecule is C[C@@]1(c2ccc3c(c2)CCC3)NC(=O)N(CN2CCC[C@H](C(F)(F)F)C2)C1=O. The van der Waals surface area contributed by atoms with Crippen LogP contribution in [0.5, 0.6) is 0 Å². The number of carbonyl (C=O) groups is 2. The Balaban J connectivity index is 1.51. The molecule has 1 aromatic rings. The molecule has 0 unspecified atom stereocenters. The van der Waals surface area contributed by atoms with Crippen molar-refractivity contribution in [1.82, 2.24) is 15.1 Å². The van der Waals surface area contributed by atoms with Crippen molar-refractivity contribution in [2.24, 2.45) is 5.92 Å². The van der Waals surface area contributed by atoms with Crippen LogP contribution in [0.1, 0.15) is 42.9 Å². The molecule has 152 valence electrons. The first-order valence-corrected chi connectivity index (χ1v) is 9.74. The molecule has 0 aromatic heterocycles. The zero-order valence-electron chi connectivity index (χ0n) is 15.8. The Morgan fingerprint density at radius 1 is 1.18 bits per heavy atom. The standard InChI is InChI=1S/C20H24F3N3O2/c1-19(15-8-7-13-4-2-5-14(13)10-15)17(27)26(18(28)24-19)12-25-9-3-6-16(11-25)20(21,22)23/h7-8,10,16H,2-6,9,11-12H2,1H3,(H,24,28)/t16-,19-/m0/s1. The van der Waals surface area contributed by atoms with E-state index in [0.717, 1.165) is 29.7 Å². The van der Waals surface area contributed by atoms with Gasteiger partial charge in [0, 0.05) is 6.54 Å². The lowest BCUT2D eigenvalue weighted by atomic mass is 9.90. The maximum absolute atomic E-state index is 13.1. The van der Waals surface area contributed by atoms with Crippen LogP contribution in [0, 0.1) is 5.92 Å². The molecule has 3 amide bonds. The average molecular weight is 395 g/mol. The molecule has 28 heavy (non-hydrogen) atoms. The molecule has 1 N–H and O–H groups in total. The summed E-state index contributed by atoms with van der Waals surface area (Å²) in [5.41, 5.74) is 2.00. The number of nitrogens with one attached hydrogen (secondary N) is 1. The van der Waals surface area contributed by atoms with Crippen molar-refractivity contribution in [1.29, 1.82) is 0 Å². The number of hydrogen-bond donors (Lipinski definition) is 1. The molecule has 2 aliphatic heterocycles. The van der Waals surface area contributed by atoms with Crippen LogP contribution in [-0.2, 0) is 23.2 Å². The lowest BCUT2D eigenvalue weighted by Crippen LogP contribution is -2.49. The van der Waals surface area contributed by atoms with Crippen molar-refractivity contribution in [3.63, 3.8) is 0 Å². The summed E-state index contributed by atoms with van der Waals surface area (Å²) in [5.74, 6) is -1.82. The largest absolute Gasteiger partial charge is 0.393 e. The monoisotopic (exact) mass is 395 g/mol. The van der Waals surface area contributed by atoms with E-state index in [9.17, 15) is 22.8 Å². The summed E-state index contributed by atoms with van der Waals surface area (Å²) >= 11 is 0. The van der Waals surface area contributed by atoms with Crippen LogP contribution < -0.4 is 5.32 Å². The molecule has 3 aliphatic rings. The lowest BCUT2D eigenvalue weighted by Gasteiger charge is -2.35. The van der Waals surface area contributed by atoms with Crippen LogP contribution in [-0.4, -0.2) is 47.7 Å². The predicted octanol–water partition coefficient (Wildman–Crippen LogP) is 3.17. The molecule has 2 fully saturated rings. The summed E-state index contributed by atoms with van der Waals surface area (Å²) in [4.78, 5) is 28.2. The Morgan fingerprint density at radius 2 is 1.93 bits per heavy atom. The molecule has 2 heterocycles. The fourth-order valence-electron chi connectivity index (χ4n) is 4.56. The van der Waals surface area contributed by atoms with Gasteiger partial charge in [-0.15, -0.1) is 0 Å². The van der Waals surface area contributed by atoms with E-state index in [0.29, 0.717) is 13.0 Å². The number of rotatable bonds is 3. The number of piperidine rings is 1. The Kier molecular flexibility index (Phi) is 4.64. The molecular formula is C20H24F3N3O2. The highest BCUT2D eigenvalue weighted by Gasteiger charge is 2.50. The third-order valence-corrected chi connectivity index (χ3v) is 6.26. The third-order valence-electron chi connectivity index (χ3n) is 6.26. The second kappa shape index (κ2) is 6.76. The van der Waals surface area contributed by atoms with E-state index in [-0.39, 0.29) is 19.6 Å². The molecule has 0 saturated carbocycles.